The highest BCUT2D eigenvalue weighted by molar-refractivity contribution is 6.19. The molecule has 0 atom stereocenters. The summed E-state index contributed by atoms with van der Waals surface area (Å²) < 4.78 is 5.03. The van der Waals surface area contributed by atoms with Gasteiger partial charge in [0, 0.05) is 49.9 Å². The van der Waals surface area contributed by atoms with Crippen molar-refractivity contribution in [1.82, 2.24) is 24.1 Å². The van der Waals surface area contributed by atoms with Crippen LogP contribution in [0, 0.1) is 0 Å². The molecule has 0 radical (unpaired) electrons. The summed E-state index contributed by atoms with van der Waals surface area (Å²) in [6, 6.07) is 62.3. The lowest BCUT2D eigenvalue weighted by Crippen LogP contribution is -2.07. The van der Waals surface area contributed by atoms with Crippen molar-refractivity contribution in [3.05, 3.63) is 187 Å². The number of benzene rings is 7. The maximum absolute atomic E-state index is 5.18. The highest BCUT2D eigenvalue weighted by atomic mass is 15.0. The third kappa shape index (κ3) is 5.35. The average Bonchev–Trinajstić information content (AvgIpc) is 3.80. The summed E-state index contributed by atoms with van der Waals surface area (Å²) in [6.45, 7) is 0. The van der Waals surface area contributed by atoms with Crippen LogP contribution in [0.3, 0.4) is 0 Å². The minimum absolute atomic E-state index is 0.647. The molecule has 3 heterocycles. The molecule has 3 aromatic heterocycles. The van der Waals surface area contributed by atoms with E-state index in [-0.39, 0.29) is 0 Å². The fraction of sp³-hybridized carbons (Fsp3) is 0.0784. The predicted molar refractivity (Wildman–Crippen MR) is 229 cm³/mol. The van der Waals surface area contributed by atoms with Crippen LogP contribution >= 0.6 is 0 Å². The fourth-order valence-corrected chi connectivity index (χ4v) is 8.83. The number of para-hydroxylation sites is 2. The number of hydrogen-bond acceptors (Lipinski definition) is 3. The van der Waals surface area contributed by atoms with E-state index < -0.39 is 0 Å². The van der Waals surface area contributed by atoms with Gasteiger partial charge >= 0.3 is 0 Å². The standard InChI is InChI=1S/C51H37N5/c1-5-17-34(18-6-1)37-31-38(51-53-49(35-19-7-2-8-20-35)52-50(54-51)36-21-9-3-10-22-36)33-40(32-37)55-45-28-16-14-26-43(45)47-46(55)30-29-42-41-25-13-15-27-44(41)56(48(42)47)39-23-11-4-12-24-39/h1-13,15,17-25,27,29-33H,14,16,26,28H2. The largest absolute Gasteiger partial charge is 0.313 e. The maximum Gasteiger partial charge on any atom is 0.164 e. The second-order valence-corrected chi connectivity index (χ2v) is 14.7. The van der Waals surface area contributed by atoms with E-state index >= 15 is 0 Å². The molecule has 0 spiro atoms. The van der Waals surface area contributed by atoms with Gasteiger partial charge in [-0.25, -0.2) is 15.0 Å². The Labute approximate surface area is 325 Å². The second kappa shape index (κ2) is 13.3. The molecule has 11 rings (SSSR count). The van der Waals surface area contributed by atoms with Crippen molar-refractivity contribution in [1.29, 1.82) is 0 Å². The number of nitrogens with zero attached hydrogens (tertiary/aromatic N) is 5. The van der Waals surface area contributed by atoms with E-state index in [1.54, 1.807) is 0 Å². The molecule has 0 N–H and O–H groups in total. The summed E-state index contributed by atoms with van der Waals surface area (Å²) >= 11 is 0. The summed E-state index contributed by atoms with van der Waals surface area (Å²) in [7, 11) is 0. The molecular formula is C51H37N5. The fourth-order valence-electron chi connectivity index (χ4n) is 8.83. The third-order valence-electron chi connectivity index (χ3n) is 11.3. The lowest BCUT2D eigenvalue weighted by molar-refractivity contribution is 0.667. The molecule has 0 aliphatic heterocycles. The van der Waals surface area contributed by atoms with Gasteiger partial charge in [-0.1, -0.05) is 133 Å². The minimum atomic E-state index is 0.647. The van der Waals surface area contributed by atoms with Crippen LogP contribution < -0.4 is 0 Å². The van der Waals surface area contributed by atoms with Crippen molar-refractivity contribution in [2.45, 2.75) is 25.7 Å². The number of aromatic nitrogens is 5. The van der Waals surface area contributed by atoms with Gasteiger partial charge in [0.15, 0.2) is 17.5 Å². The molecular weight excluding hydrogens is 683 g/mol. The molecule has 0 bridgehead atoms. The van der Waals surface area contributed by atoms with Crippen molar-refractivity contribution in [3.63, 3.8) is 0 Å². The molecule has 0 unspecified atom stereocenters. The lowest BCUT2D eigenvalue weighted by Gasteiger charge is -2.18. The van der Waals surface area contributed by atoms with Crippen molar-refractivity contribution in [3.8, 4) is 56.7 Å². The minimum Gasteiger partial charge on any atom is -0.313 e. The lowest BCUT2D eigenvalue weighted by atomic mass is 9.94. The molecule has 1 aliphatic carbocycles. The monoisotopic (exact) mass is 719 g/mol. The normalized spacial score (nSPS) is 12.7. The summed E-state index contributed by atoms with van der Waals surface area (Å²) in [4.78, 5) is 15.4. The van der Waals surface area contributed by atoms with Gasteiger partial charge in [0.2, 0.25) is 0 Å². The zero-order valence-corrected chi connectivity index (χ0v) is 30.8. The van der Waals surface area contributed by atoms with Crippen LogP contribution in [0.1, 0.15) is 24.1 Å². The molecule has 1 aliphatic rings. The summed E-state index contributed by atoms with van der Waals surface area (Å²) in [5.41, 5.74) is 14.0. The molecule has 7 aromatic carbocycles. The summed E-state index contributed by atoms with van der Waals surface area (Å²) in [5.74, 6) is 1.95. The van der Waals surface area contributed by atoms with Gasteiger partial charge < -0.3 is 9.13 Å². The quantitative estimate of drug-likeness (QED) is 0.172. The molecule has 56 heavy (non-hydrogen) atoms. The Morgan fingerprint density at radius 3 is 1.61 bits per heavy atom. The van der Waals surface area contributed by atoms with Gasteiger partial charge in [-0.2, -0.15) is 0 Å². The van der Waals surface area contributed by atoms with E-state index in [0.29, 0.717) is 17.5 Å². The van der Waals surface area contributed by atoms with Crippen LogP contribution in [0.15, 0.2) is 176 Å². The van der Waals surface area contributed by atoms with Gasteiger partial charge in [-0.05, 0) is 84.8 Å². The SMILES string of the molecule is c1ccc(-c2cc(-c3nc(-c4ccccc4)nc(-c4ccccc4)n3)cc(-n3c4c(c5c3ccc3c6ccccc6n(-c6ccccc6)c35)CCCC4)c2)cc1. The highest BCUT2D eigenvalue weighted by Gasteiger charge is 2.26. The molecule has 266 valence electrons. The Hall–Kier alpha value is -7.11. The molecule has 0 saturated carbocycles. The van der Waals surface area contributed by atoms with E-state index in [4.69, 9.17) is 15.0 Å². The Balaban J connectivity index is 1.21. The number of fused-ring (bicyclic) bond motifs is 7. The second-order valence-electron chi connectivity index (χ2n) is 14.7. The van der Waals surface area contributed by atoms with Gasteiger partial charge in [0.1, 0.15) is 0 Å². The Bertz CT molecular complexity index is 3000. The van der Waals surface area contributed by atoms with Gasteiger partial charge in [0.05, 0.1) is 16.6 Å². The van der Waals surface area contributed by atoms with Crippen LogP contribution in [-0.2, 0) is 12.8 Å². The predicted octanol–water partition coefficient (Wildman–Crippen LogP) is 12.5. The van der Waals surface area contributed by atoms with Crippen LogP contribution in [0.4, 0.5) is 0 Å². The first-order valence-corrected chi connectivity index (χ1v) is 19.5. The van der Waals surface area contributed by atoms with Crippen LogP contribution in [0.2, 0.25) is 0 Å². The molecule has 0 fully saturated rings. The van der Waals surface area contributed by atoms with Gasteiger partial charge in [-0.15, -0.1) is 0 Å². The highest BCUT2D eigenvalue weighted by Crippen LogP contribution is 2.44. The van der Waals surface area contributed by atoms with Crippen LogP contribution in [-0.4, -0.2) is 24.1 Å². The zero-order valence-electron chi connectivity index (χ0n) is 30.8. The number of hydrogen-bond donors (Lipinski definition) is 0. The van der Waals surface area contributed by atoms with E-state index in [9.17, 15) is 0 Å². The average molecular weight is 720 g/mol. The first kappa shape index (κ1) is 32.3. The van der Waals surface area contributed by atoms with Crippen molar-refractivity contribution in [2.24, 2.45) is 0 Å². The van der Waals surface area contributed by atoms with Crippen LogP contribution in [0.5, 0.6) is 0 Å². The Morgan fingerprint density at radius 2 is 0.929 bits per heavy atom. The van der Waals surface area contributed by atoms with E-state index in [1.807, 2.05) is 36.4 Å². The van der Waals surface area contributed by atoms with Gasteiger partial charge in [0.25, 0.3) is 0 Å². The Morgan fingerprint density at radius 1 is 0.375 bits per heavy atom. The van der Waals surface area contributed by atoms with E-state index in [1.165, 1.54) is 56.1 Å². The van der Waals surface area contributed by atoms with Gasteiger partial charge in [-0.3, -0.25) is 0 Å². The van der Waals surface area contributed by atoms with Crippen molar-refractivity contribution < 1.29 is 0 Å². The first-order chi connectivity index (χ1) is 27.8. The molecule has 0 amide bonds. The first-order valence-electron chi connectivity index (χ1n) is 19.5. The zero-order chi connectivity index (χ0) is 37.0. The summed E-state index contributed by atoms with van der Waals surface area (Å²) in [5, 5.41) is 3.91. The third-order valence-corrected chi connectivity index (χ3v) is 11.3. The van der Waals surface area contributed by atoms with E-state index in [0.717, 1.165) is 52.8 Å². The Kier molecular flexibility index (Phi) is 7.69. The molecule has 5 nitrogen and oxygen atoms in total. The smallest absolute Gasteiger partial charge is 0.164 e. The molecule has 0 saturated heterocycles. The molecule has 5 heteroatoms. The number of rotatable bonds is 6. The molecule has 10 aromatic rings. The van der Waals surface area contributed by atoms with E-state index in [2.05, 4.69) is 149 Å². The maximum atomic E-state index is 5.18. The topological polar surface area (TPSA) is 48.5 Å². The summed E-state index contributed by atoms with van der Waals surface area (Å²) in [6.07, 6.45) is 4.41. The number of aryl methyl sites for hydroxylation is 1. The van der Waals surface area contributed by atoms with Crippen LogP contribution in [0.25, 0.3) is 89.4 Å². The van der Waals surface area contributed by atoms with Crippen molar-refractivity contribution >= 4 is 32.7 Å². The van der Waals surface area contributed by atoms with Crippen molar-refractivity contribution in [2.75, 3.05) is 0 Å².